The third-order valence-corrected chi connectivity index (χ3v) is 3.55. The fourth-order valence-corrected chi connectivity index (χ4v) is 2.31. The van der Waals surface area contributed by atoms with Gasteiger partial charge >= 0.3 is 12.4 Å². The molecule has 1 unspecified atom stereocenters. The lowest BCUT2D eigenvalue weighted by Gasteiger charge is -2.29. The number of fused-ring (bicyclic) bond motifs is 1. The van der Waals surface area contributed by atoms with Crippen molar-refractivity contribution in [1.29, 1.82) is 0 Å². The zero-order chi connectivity index (χ0) is 17.4. The zero-order valence-electron chi connectivity index (χ0n) is 11.9. The van der Waals surface area contributed by atoms with Gasteiger partial charge in [0.25, 0.3) is 5.78 Å². The summed E-state index contributed by atoms with van der Waals surface area (Å²) in [5, 5.41) is 0. The highest BCUT2D eigenvalue weighted by Crippen LogP contribution is 2.41. The van der Waals surface area contributed by atoms with Crippen molar-refractivity contribution in [3.05, 3.63) is 47.0 Å². The van der Waals surface area contributed by atoms with Gasteiger partial charge in [-0.15, -0.1) is 0 Å². The smallest absolute Gasteiger partial charge is 0.452 e. The van der Waals surface area contributed by atoms with Gasteiger partial charge in [0.1, 0.15) is 5.76 Å². The highest BCUT2D eigenvalue weighted by atomic mass is 19.4. The number of rotatable bonds is 2. The number of halogens is 6. The molecule has 1 atom stereocenters. The first kappa shape index (κ1) is 17.4. The number of hydrogen-bond acceptors (Lipinski definition) is 2. The summed E-state index contributed by atoms with van der Waals surface area (Å²) < 4.78 is 79.7. The molecule has 0 saturated heterocycles. The summed E-state index contributed by atoms with van der Waals surface area (Å²) in [5.74, 6) is -3.76. The van der Waals surface area contributed by atoms with Crippen molar-refractivity contribution >= 4 is 5.78 Å². The Hall–Kier alpha value is -1.99. The van der Waals surface area contributed by atoms with Crippen LogP contribution in [0.1, 0.15) is 19.8 Å². The lowest BCUT2D eigenvalue weighted by Crippen LogP contribution is -2.22. The van der Waals surface area contributed by atoms with Crippen LogP contribution in [0.5, 0.6) is 0 Å². The summed E-state index contributed by atoms with van der Waals surface area (Å²) in [4.78, 5) is 10.9. The van der Waals surface area contributed by atoms with Crippen LogP contribution in [0.4, 0.5) is 26.3 Å². The molecule has 0 fully saturated rings. The minimum atomic E-state index is -5.03. The van der Waals surface area contributed by atoms with Crippen molar-refractivity contribution in [3.8, 4) is 0 Å². The van der Waals surface area contributed by atoms with E-state index >= 15 is 0 Å². The van der Waals surface area contributed by atoms with Gasteiger partial charge in [-0.2, -0.15) is 26.3 Å². The predicted molar refractivity (Wildman–Crippen MR) is 68.9 cm³/mol. The molecule has 1 aliphatic carbocycles. The van der Waals surface area contributed by atoms with E-state index in [4.69, 9.17) is 4.74 Å². The Morgan fingerprint density at radius 3 is 2.43 bits per heavy atom. The molecule has 2 rings (SSSR count). The number of alkyl halides is 6. The van der Waals surface area contributed by atoms with Crippen molar-refractivity contribution in [2.45, 2.75) is 32.1 Å². The van der Waals surface area contributed by atoms with E-state index < -0.39 is 23.9 Å². The summed E-state index contributed by atoms with van der Waals surface area (Å²) in [7, 11) is 0. The molecule has 0 aromatic heterocycles. The fourth-order valence-electron chi connectivity index (χ4n) is 2.31. The van der Waals surface area contributed by atoms with Gasteiger partial charge in [-0.1, -0.05) is 19.1 Å². The first-order chi connectivity index (χ1) is 10.5. The quantitative estimate of drug-likeness (QED) is 0.536. The third-order valence-electron chi connectivity index (χ3n) is 3.55. The standard InChI is InChI=1S/C15H12F6O2/c1-8-2-3-9-4-7-12(15(19,20)21)23-13(9)10(8)5-6-11(22)14(16,17)18/h4-8H,2-3H2,1H3. The minimum Gasteiger partial charge on any atom is -0.452 e. The first-order valence-electron chi connectivity index (χ1n) is 6.70. The van der Waals surface area contributed by atoms with E-state index in [9.17, 15) is 31.1 Å². The number of carbonyl (C=O) groups excluding carboxylic acids is 1. The average Bonchev–Trinajstić information content (AvgIpc) is 2.43. The maximum absolute atomic E-state index is 12.7. The molecule has 2 aliphatic rings. The molecule has 8 heteroatoms. The third kappa shape index (κ3) is 3.86. The fraction of sp³-hybridized carbons (Fsp3) is 0.400. The second kappa shape index (κ2) is 5.90. The van der Waals surface area contributed by atoms with E-state index in [1.54, 1.807) is 6.92 Å². The molecule has 0 saturated carbocycles. The highest BCUT2D eigenvalue weighted by Gasteiger charge is 2.40. The summed E-state index contributed by atoms with van der Waals surface area (Å²) in [6.45, 7) is 1.65. The van der Waals surface area contributed by atoms with Gasteiger partial charge in [0, 0.05) is 0 Å². The van der Waals surface area contributed by atoms with E-state index in [2.05, 4.69) is 0 Å². The summed E-state index contributed by atoms with van der Waals surface area (Å²) in [5.41, 5.74) is 0.616. The summed E-state index contributed by atoms with van der Waals surface area (Å²) in [6.07, 6.45) is -5.51. The maximum atomic E-state index is 12.7. The van der Waals surface area contributed by atoms with E-state index in [1.807, 2.05) is 0 Å². The average molecular weight is 338 g/mol. The van der Waals surface area contributed by atoms with Gasteiger partial charge in [-0.3, -0.25) is 4.79 Å². The van der Waals surface area contributed by atoms with Crippen molar-refractivity contribution in [2.24, 2.45) is 5.92 Å². The molecule has 2 nitrogen and oxygen atoms in total. The molecule has 0 bridgehead atoms. The molecule has 0 spiro atoms. The second-order valence-corrected chi connectivity index (χ2v) is 5.24. The lowest BCUT2D eigenvalue weighted by atomic mass is 9.84. The second-order valence-electron chi connectivity index (χ2n) is 5.24. The van der Waals surface area contributed by atoms with Crippen LogP contribution in [-0.4, -0.2) is 18.1 Å². The van der Waals surface area contributed by atoms with Crippen molar-refractivity contribution in [1.82, 2.24) is 0 Å². The van der Waals surface area contributed by atoms with E-state index in [-0.39, 0.29) is 17.3 Å². The maximum Gasteiger partial charge on any atom is 0.454 e. The first-order valence-corrected chi connectivity index (χ1v) is 6.70. The molecular formula is C15H12F6O2. The number of ketones is 1. The highest BCUT2D eigenvalue weighted by molar-refractivity contribution is 5.94. The molecule has 1 aliphatic heterocycles. The van der Waals surface area contributed by atoms with Gasteiger partial charge in [-0.25, -0.2) is 0 Å². The molecule has 1 heterocycles. The van der Waals surface area contributed by atoms with Gasteiger partial charge in [0.15, 0.2) is 0 Å². The number of carbonyl (C=O) groups is 1. The van der Waals surface area contributed by atoms with Crippen molar-refractivity contribution in [3.63, 3.8) is 0 Å². The molecule has 0 N–H and O–H groups in total. The molecule has 0 radical (unpaired) electrons. The largest absolute Gasteiger partial charge is 0.454 e. The SMILES string of the molecule is CC1CCC2=CC=C(C(F)(F)F)OC2=C1C=CC(=O)C(F)(F)F. The van der Waals surface area contributed by atoms with Crippen LogP contribution in [0, 0.1) is 5.92 Å². The lowest BCUT2D eigenvalue weighted by molar-refractivity contribution is -0.165. The Kier molecular flexibility index (Phi) is 4.45. The van der Waals surface area contributed by atoms with Gasteiger partial charge in [0.05, 0.1) is 0 Å². The molecular weight excluding hydrogens is 326 g/mol. The van der Waals surface area contributed by atoms with Crippen LogP contribution >= 0.6 is 0 Å². The zero-order valence-corrected chi connectivity index (χ0v) is 11.9. The van der Waals surface area contributed by atoms with Crippen LogP contribution in [0.25, 0.3) is 0 Å². The Balaban J connectivity index is 2.38. The van der Waals surface area contributed by atoms with Crippen LogP contribution < -0.4 is 0 Å². The summed E-state index contributed by atoms with van der Waals surface area (Å²) in [6, 6.07) is 0. The van der Waals surface area contributed by atoms with Crippen LogP contribution in [-0.2, 0) is 9.53 Å². The Labute approximate surface area is 127 Å². The topological polar surface area (TPSA) is 26.3 Å². The van der Waals surface area contributed by atoms with Gasteiger partial charge < -0.3 is 4.74 Å². The normalized spacial score (nSPS) is 22.5. The number of ether oxygens (including phenoxy) is 1. The Morgan fingerprint density at radius 2 is 1.87 bits per heavy atom. The van der Waals surface area contributed by atoms with E-state index in [0.29, 0.717) is 24.5 Å². The van der Waals surface area contributed by atoms with Crippen LogP contribution in [0.15, 0.2) is 47.0 Å². The molecule has 0 aromatic rings. The van der Waals surface area contributed by atoms with Crippen LogP contribution in [0.2, 0.25) is 0 Å². The monoisotopic (exact) mass is 338 g/mol. The number of allylic oxidation sites excluding steroid dienone is 7. The Bertz CT molecular complexity index is 631. The predicted octanol–water partition coefficient (Wildman–Crippen LogP) is 4.76. The van der Waals surface area contributed by atoms with Crippen molar-refractivity contribution in [2.75, 3.05) is 0 Å². The molecule has 0 aromatic carbocycles. The number of hydrogen-bond donors (Lipinski definition) is 0. The van der Waals surface area contributed by atoms with Crippen molar-refractivity contribution < 1.29 is 35.9 Å². The van der Waals surface area contributed by atoms with E-state index in [0.717, 1.165) is 12.2 Å². The van der Waals surface area contributed by atoms with Crippen LogP contribution in [0.3, 0.4) is 0 Å². The summed E-state index contributed by atoms with van der Waals surface area (Å²) >= 11 is 0. The molecule has 23 heavy (non-hydrogen) atoms. The Morgan fingerprint density at radius 1 is 1.22 bits per heavy atom. The van der Waals surface area contributed by atoms with Gasteiger partial charge in [-0.05, 0) is 42.1 Å². The molecule has 0 amide bonds. The van der Waals surface area contributed by atoms with E-state index in [1.165, 1.54) is 6.08 Å². The van der Waals surface area contributed by atoms with Gasteiger partial charge in [0.2, 0.25) is 5.76 Å². The molecule has 126 valence electrons. The minimum absolute atomic E-state index is 0.121.